The third kappa shape index (κ3) is 2.78. The maximum absolute atomic E-state index is 10.8. The molecule has 0 aliphatic rings. The highest BCUT2D eigenvalue weighted by Gasteiger charge is 2.09. The summed E-state index contributed by atoms with van der Waals surface area (Å²) in [5, 5.41) is 9.23. The molecule has 1 aromatic heterocycles. The number of carbonyl (C=O) groups is 1. The number of hydrogen-bond donors (Lipinski definition) is 1. The van der Waals surface area contributed by atoms with Crippen LogP contribution in [0, 0.1) is 0 Å². The fourth-order valence-corrected chi connectivity index (χ4v) is 2.16. The van der Waals surface area contributed by atoms with Gasteiger partial charge >= 0.3 is 5.97 Å². The Morgan fingerprint density at radius 3 is 2.83 bits per heavy atom. The number of aromatic carboxylic acids is 1. The summed E-state index contributed by atoms with van der Waals surface area (Å²) in [6.45, 7) is 0. The zero-order valence-electron chi connectivity index (χ0n) is 9.53. The van der Waals surface area contributed by atoms with E-state index in [9.17, 15) is 4.79 Å². The average molecular weight is 262 g/mol. The van der Waals surface area contributed by atoms with Gasteiger partial charge < -0.3 is 9.84 Å². The lowest BCUT2D eigenvalue weighted by Crippen LogP contribution is -2.01. The van der Waals surface area contributed by atoms with Gasteiger partial charge in [0.05, 0.1) is 12.0 Å². The second-order valence-electron chi connectivity index (χ2n) is 3.28. The van der Waals surface area contributed by atoms with Gasteiger partial charge in [-0.25, -0.2) is 14.8 Å². The van der Waals surface area contributed by atoms with Crippen LogP contribution in [0.15, 0.2) is 46.6 Å². The molecule has 0 radical (unpaired) electrons. The molecular formula is C12H10N2O3S. The van der Waals surface area contributed by atoms with Crippen molar-refractivity contribution in [3.63, 3.8) is 0 Å². The zero-order valence-corrected chi connectivity index (χ0v) is 10.3. The van der Waals surface area contributed by atoms with E-state index in [1.165, 1.54) is 24.0 Å². The lowest BCUT2D eigenvalue weighted by molar-refractivity contribution is 0.0689. The van der Waals surface area contributed by atoms with Crippen LogP contribution in [-0.4, -0.2) is 28.2 Å². The number of benzene rings is 1. The normalized spacial score (nSPS) is 10.1. The summed E-state index contributed by atoms with van der Waals surface area (Å²) in [4.78, 5) is 19.6. The van der Waals surface area contributed by atoms with Crippen LogP contribution >= 0.6 is 11.8 Å². The summed E-state index contributed by atoms with van der Waals surface area (Å²) >= 11 is 1.26. The molecule has 5 nitrogen and oxygen atoms in total. The van der Waals surface area contributed by atoms with Gasteiger partial charge in [-0.2, -0.15) is 0 Å². The Morgan fingerprint density at radius 1 is 1.33 bits per heavy atom. The molecule has 0 spiro atoms. The Labute approximate surface area is 108 Å². The van der Waals surface area contributed by atoms with Gasteiger partial charge in [-0.15, -0.1) is 0 Å². The zero-order chi connectivity index (χ0) is 13.0. The number of para-hydroxylation sites is 1. The van der Waals surface area contributed by atoms with Crippen LogP contribution in [0.4, 0.5) is 0 Å². The fraction of sp³-hybridized carbons (Fsp3) is 0.0833. The lowest BCUT2D eigenvalue weighted by atomic mass is 10.3. The van der Waals surface area contributed by atoms with Crippen molar-refractivity contribution in [2.45, 2.75) is 10.1 Å². The first kappa shape index (κ1) is 12.4. The number of carboxylic acid groups (broad SMARTS) is 1. The number of methoxy groups -OCH3 is 1. The van der Waals surface area contributed by atoms with E-state index >= 15 is 0 Å². The van der Waals surface area contributed by atoms with Gasteiger partial charge in [0.2, 0.25) is 0 Å². The molecular weight excluding hydrogens is 252 g/mol. The third-order valence-corrected chi connectivity index (χ3v) is 3.06. The number of aromatic nitrogens is 2. The molecule has 0 fully saturated rings. The van der Waals surface area contributed by atoms with E-state index in [0.29, 0.717) is 10.9 Å². The van der Waals surface area contributed by atoms with Crippen LogP contribution < -0.4 is 4.74 Å². The van der Waals surface area contributed by atoms with Crippen molar-refractivity contribution in [2.24, 2.45) is 0 Å². The smallest absolute Gasteiger partial charge is 0.354 e. The molecule has 1 aromatic carbocycles. The molecule has 0 saturated carbocycles. The highest BCUT2D eigenvalue weighted by Crippen LogP contribution is 2.32. The molecule has 0 unspecified atom stereocenters. The van der Waals surface area contributed by atoms with Crippen molar-refractivity contribution in [2.75, 3.05) is 7.11 Å². The van der Waals surface area contributed by atoms with Gasteiger partial charge in [0.25, 0.3) is 0 Å². The molecule has 0 aliphatic carbocycles. The quantitative estimate of drug-likeness (QED) is 0.853. The van der Waals surface area contributed by atoms with Crippen LogP contribution in [-0.2, 0) is 0 Å². The Hall–Kier alpha value is -2.08. The standard InChI is InChI=1S/C12H10N2O3S/c1-17-9-4-2-3-5-10(9)18-12-13-7-6-8(14-12)11(15)16/h2-7H,1H3,(H,15,16). The first-order chi connectivity index (χ1) is 8.70. The number of hydrogen-bond acceptors (Lipinski definition) is 5. The molecule has 1 N–H and O–H groups in total. The first-order valence-electron chi connectivity index (χ1n) is 5.08. The number of ether oxygens (including phenoxy) is 1. The highest BCUT2D eigenvalue weighted by molar-refractivity contribution is 7.99. The summed E-state index contributed by atoms with van der Waals surface area (Å²) in [7, 11) is 1.58. The lowest BCUT2D eigenvalue weighted by Gasteiger charge is -2.06. The third-order valence-electron chi connectivity index (χ3n) is 2.12. The summed E-state index contributed by atoms with van der Waals surface area (Å²) in [6.07, 6.45) is 1.42. The van der Waals surface area contributed by atoms with Crippen LogP contribution in [0.2, 0.25) is 0 Å². The molecule has 0 atom stereocenters. The van der Waals surface area contributed by atoms with Crippen LogP contribution in [0.3, 0.4) is 0 Å². The topological polar surface area (TPSA) is 72.3 Å². The molecule has 2 aromatic rings. The van der Waals surface area contributed by atoms with Crippen molar-refractivity contribution in [1.82, 2.24) is 9.97 Å². The van der Waals surface area contributed by atoms with Gasteiger partial charge in [-0.3, -0.25) is 0 Å². The first-order valence-corrected chi connectivity index (χ1v) is 5.89. The molecule has 6 heteroatoms. The molecule has 0 saturated heterocycles. The maximum Gasteiger partial charge on any atom is 0.354 e. The fourth-order valence-electron chi connectivity index (χ4n) is 1.31. The van der Waals surface area contributed by atoms with Crippen molar-refractivity contribution in [3.8, 4) is 5.75 Å². The number of nitrogens with zero attached hydrogens (tertiary/aromatic N) is 2. The molecule has 18 heavy (non-hydrogen) atoms. The SMILES string of the molecule is COc1ccccc1Sc1nccc(C(=O)O)n1. The Morgan fingerprint density at radius 2 is 2.11 bits per heavy atom. The van der Waals surface area contributed by atoms with E-state index in [1.807, 2.05) is 24.3 Å². The second kappa shape index (κ2) is 5.50. The van der Waals surface area contributed by atoms with Gasteiger partial charge in [-0.1, -0.05) is 12.1 Å². The monoisotopic (exact) mass is 262 g/mol. The molecule has 2 rings (SSSR count). The van der Waals surface area contributed by atoms with Crippen molar-refractivity contribution in [3.05, 3.63) is 42.2 Å². The van der Waals surface area contributed by atoms with Gasteiger partial charge in [0.15, 0.2) is 10.9 Å². The van der Waals surface area contributed by atoms with E-state index in [1.54, 1.807) is 7.11 Å². The summed E-state index contributed by atoms with van der Waals surface area (Å²) in [6, 6.07) is 8.77. The predicted molar refractivity (Wildman–Crippen MR) is 66.1 cm³/mol. The van der Waals surface area contributed by atoms with E-state index in [4.69, 9.17) is 9.84 Å². The summed E-state index contributed by atoms with van der Waals surface area (Å²) < 4.78 is 5.20. The molecule has 1 heterocycles. The van der Waals surface area contributed by atoms with Gasteiger partial charge in [0, 0.05) is 6.20 Å². The van der Waals surface area contributed by atoms with Crippen LogP contribution in [0.1, 0.15) is 10.5 Å². The second-order valence-corrected chi connectivity index (χ2v) is 4.29. The Kier molecular flexibility index (Phi) is 3.78. The van der Waals surface area contributed by atoms with Crippen molar-refractivity contribution < 1.29 is 14.6 Å². The largest absolute Gasteiger partial charge is 0.496 e. The number of carboxylic acids is 1. The molecule has 0 amide bonds. The van der Waals surface area contributed by atoms with E-state index < -0.39 is 5.97 Å². The average Bonchev–Trinajstić information content (AvgIpc) is 2.39. The Balaban J connectivity index is 2.28. The van der Waals surface area contributed by atoms with Crippen LogP contribution in [0.25, 0.3) is 0 Å². The maximum atomic E-state index is 10.8. The van der Waals surface area contributed by atoms with Gasteiger partial charge in [0.1, 0.15) is 5.75 Å². The number of rotatable bonds is 4. The minimum atomic E-state index is -1.07. The molecule has 0 aliphatic heterocycles. The summed E-state index contributed by atoms with van der Waals surface area (Å²) in [5.74, 6) is -0.369. The van der Waals surface area contributed by atoms with E-state index in [-0.39, 0.29) is 5.69 Å². The molecule has 0 bridgehead atoms. The minimum Gasteiger partial charge on any atom is -0.496 e. The van der Waals surface area contributed by atoms with Crippen molar-refractivity contribution >= 4 is 17.7 Å². The Bertz CT molecular complexity index is 575. The predicted octanol–water partition coefficient (Wildman–Crippen LogP) is 2.33. The van der Waals surface area contributed by atoms with E-state index in [0.717, 1.165) is 4.90 Å². The molecule has 92 valence electrons. The minimum absolute atomic E-state index is 0.0256. The summed E-state index contributed by atoms with van der Waals surface area (Å²) in [5.41, 5.74) is -0.0256. The van der Waals surface area contributed by atoms with Crippen molar-refractivity contribution in [1.29, 1.82) is 0 Å². The highest BCUT2D eigenvalue weighted by atomic mass is 32.2. The van der Waals surface area contributed by atoms with E-state index in [2.05, 4.69) is 9.97 Å². The van der Waals surface area contributed by atoms with Gasteiger partial charge in [-0.05, 0) is 30.0 Å². The van der Waals surface area contributed by atoms with Crippen LogP contribution in [0.5, 0.6) is 5.75 Å².